The van der Waals surface area contributed by atoms with Crippen molar-refractivity contribution in [1.82, 2.24) is 0 Å². The van der Waals surface area contributed by atoms with E-state index in [1.54, 1.807) is 13.2 Å². The van der Waals surface area contributed by atoms with Crippen molar-refractivity contribution in [3.05, 3.63) is 35.3 Å². The van der Waals surface area contributed by atoms with Gasteiger partial charge in [0.2, 0.25) is 0 Å². The first-order chi connectivity index (χ1) is 11.2. The number of fused-ring (bicyclic) bond motifs is 1. The summed E-state index contributed by atoms with van der Waals surface area (Å²) in [7, 11) is 0. The highest BCUT2D eigenvalue weighted by atomic mass is 16.6. The van der Waals surface area contributed by atoms with Gasteiger partial charge in [0, 0.05) is 23.0 Å². The fourth-order valence-electron chi connectivity index (χ4n) is 4.90. The lowest BCUT2D eigenvalue weighted by Gasteiger charge is -2.51. The second kappa shape index (κ2) is 4.73. The molecular formula is C19H24O5. The topological polar surface area (TPSA) is 72.2 Å². The number of esters is 1. The largest absolute Gasteiger partial charge is 0.469 e. The molecule has 1 aromatic rings. The van der Waals surface area contributed by atoms with Crippen LogP contribution in [0, 0.1) is 18.3 Å². The number of rotatable bonds is 2. The Hall–Kier alpha value is -1.59. The molecule has 5 nitrogen and oxygen atoms in total. The average Bonchev–Trinajstić information content (AvgIpc) is 3.14. The van der Waals surface area contributed by atoms with Crippen molar-refractivity contribution >= 4 is 5.97 Å². The van der Waals surface area contributed by atoms with Gasteiger partial charge in [-0.05, 0) is 31.7 Å². The molecule has 24 heavy (non-hydrogen) atoms. The molecule has 5 heteroatoms. The number of hydrogen-bond acceptors (Lipinski definition) is 5. The van der Waals surface area contributed by atoms with Crippen LogP contribution in [0.2, 0.25) is 0 Å². The highest BCUT2D eigenvalue weighted by Crippen LogP contribution is 2.69. The molecule has 1 saturated heterocycles. The second-order valence-corrected chi connectivity index (χ2v) is 7.91. The van der Waals surface area contributed by atoms with Gasteiger partial charge in [-0.25, -0.2) is 4.79 Å². The smallest absolute Gasteiger partial charge is 0.333 e. The molecule has 130 valence electrons. The van der Waals surface area contributed by atoms with Crippen molar-refractivity contribution in [2.75, 3.05) is 0 Å². The molecule has 2 aliphatic carbocycles. The summed E-state index contributed by atoms with van der Waals surface area (Å²) in [6.45, 7) is 11.5. The van der Waals surface area contributed by atoms with Crippen LogP contribution in [0.25, 0.3) is 0 Å². The van der Waals surface area contributed by atoms with Gasteiger partial charge in [0.15, 0.2) is 0 Å². The number of epoxide rings is 1. The molecule has 0 bridgehead atoms. The number of aryl methyl sites for hydroxylation is 1. The minimum absolute atomic E-state index is 0.136. The van der Waals surface area contributed by atoms with Gasteiger partial charge in [-0.1, -0.05) is 20.4 Å². The summed E-state index contributed by atoms with van der Waals surface area (Å²) in [5.41, 5.74) is 1.37. The molecule has 1 saturated carbocycles. The van der Waals surface area contributed by atoms with Gasteiger partial charge in [0.25, 0.3) is 0 Å². The number of ether oxygens (including phenoxy) is 2. The molecule has 6 atom stereocenters. The number of carbonyl (C=O) groups excluding carboxylic acids is 1. The number of hydrogen-bond donors (Lipinski definition) is 1. The molecular weight excluding hydrogens is 308 g/mol. The highest BCUT2D eigenvalue weighted by molar-refractivity contribution is 5.87. The molecule has 0 aromatic carbocycles. The van der Waals surface area contributed by atoms with E-state index in [0.29, 0.717) is 18.4 Å². The summed E-state index contributed by atoms with van der Waals surface area (Å²) in [6.07, 6.45) is 1.79. The van der Waals surface area contributed by atoms with Crippen LogP contribution in [0.1, 0.15) is 50.2 Å². The van der Waals surface area contributed by atoms with Crippen LogP contribution in [0.3, 0.4) is 0 Å². The van der Waals surface area contributed by atoms with Gasteiger partial charge in [-0.3, -0.25) is 0 Å². The summed E-state index contributed by atoms with van der Waals surface area (Å²) in [4.78, 5) is 12.3. The maximum Gasteiger partial charge on any atom is 0.333 e. The van der Waals surface area contributed by atoms with E-state index in [1.165, 1.54) is 0 Å². The van der Waals surface area contributed by atoms with Gasteiger partial charge in [0.05, 0.1) is 12.4 Å². The van der Waals surface area contributed by atoms with Crippen molar-refractivity contribution < 1.29 is 23.8 Å². The van der Waals surface area contributed by atoms with Crippen LogP contribution in [-0.4, -0.2) is 28.9 Å². The fraction of sp³-hybridized carbons (Fsp3) is 0.632. The van der Waals surface area contributed by atoms with Crippen molar-refractivity contribution in [1.29, 1.82) is 0 Å². The Kier molecular flexibility index (Phi) is 3.14. The molecule has 1 aromatic heterocycles. The highest BCUT2D eigenvalue weighted by Gasteiger charge is 2.78. The van der Waals surface area contributed by atoms with Crippen molar-refractivity contribution in [2.45, 2.75) is 64.4 Å². The molecule has 0 amide bonds. The summed E-state index contributed by atoms with van der Waals surface area (Å²) >= 11 is 0. The first-order valence-electron chi connectivity index (χ1n) is 8.51. The zero-order valence-corrected chi connectivity index (χ0v) is 14.6. The Balaban J connectivity index is 1.86. The summed E-state index contributed by atoms with van der Waals surface area (Å²) in [5, 5.41) is 10.4. The van der Waals surface area contributed by atoms with Crippen LogP contribution in [0.15, 0.2) is 22.8 Å². The van der Waals surface area contributed by atoms with Gasteiger partial charge in [-0.15, -0.1) is 0 Å². The minimum Gasteiger partial charge on any atom is -0.469 e. The van der Waals surface area contributed by atoms with E-state index in [1.807, 2.05) is 6.92 Å². The van der Waals surface area contributed by atoms with Crippen LogP contribution < -0.4 is 0 Å². The van der Waals surface area contributed by atoms with Crippen molar-refractivity contribution in [2.24, 2.45) is 11.3 Å². The fourth-order valence-corrected chi connectivity index (χ4v) is 4.90. The maximum absolute atomic E-state index is 12.3. The molecule has 3 aliphatic rings. The van der Waals surface area contributed by atoms with Gasteiger partial charge in [-0.2, -0.15) is 0 Å². The SMILES string of the molecule is C=C(C)C(=O)O[C@@H]1c2c(C)coc2C[C@@]23O[C@@H]2[C@@H](O)C[C@H](C)[C@@]13C. The normalized spacial score (nSPS) is 42.5. The first kappa shape index (κ1) is 15.9. The molecule has 1 N–H and O–H groups in total. The Morgan fingerprint density at radius 2 is 2.21 bits per heavy atom. The van der Waals surface area contributed by atoms with E-state index in [-0.39, 0.29) is 12.0 Å². The average molecular weight is 332 g/mol. The molecule has 2 heterocycles. The lowest BCUT2D eigenvalue weighted by atomic mass is 9.53. The van der Waals surface area contributed by atoms with E-state index < -0.39 is 29.2 Å². The molecule has 0 radical (unpaired) electrons. The first-order valence-corrected chi connectivity index (χ1v) is 8.51. The predicted octanol–water partition coefficient (Wildman–Crippen LogP) is 2.85. The van der Waals surface area contributed by atoms with E-state index in [4.69, 9.17) is 13.9 Å². The number of carbonyl (C=O) groups is 1. The standard InChI is InChI=1S/C19H24O5/c1-9(2)17(21)23-16-14-10(3)8-22-13(14)7-19-15(24-19)12(20)6-11(4)18(16,19)5/h8,11-12,15-16,20H,1,6-7H2,2-5H3/t11-,12-,15+,16+,18-,19+/m0/s1. The van der Waals surface area contributed by atoms with Gasteiger partial charge >= 0.3 is 5.97 Å². The zero-order valence-electron chi connectivity index (χ0n) is 14.6. The van der Waals surface area contributed by atoms with Crippen LogP contribution in [0.4, 0.5) is 0 Å². The lowest BCUT2D eigenvalue weighted by molar-refractivity contribution is -0.166. The van der Waals surface area contributed by atoms with E-state index in [0.717, 1.165) is 16.9 Å². The quantitative estimate of drug-likeness (QED) is 0.512. The van der Waals surface area contributed by atoms with E-state index in [9.17, 15) is 9.90 Å². The maximum atomic E-state index is 12.3. The van der Waals surface area contributed by atoms with Crippen molar-refractivity contribution in [3.8, 4) is 0 Å². The number of aliphatic hydroxyl groups is 1. The molecule has 2 fully saturated rings. The van der Waals surface area contributed by atoms with Crippen LogP contribution in [-0.2, 0) is 20.7 Å². The third kappa shape index (κ3) is 1.74. The number of aliphatic hydroxyl groups excluding tert-OH is 1. The van der Waals surface area contributed by atoms with E-state index in [2.05, 4.69) is 20.4 Å². The van der Waals surface area contributed by atoms with Gasteiger partial charge in [0.1, 0.15) is 23.6 Å². The Morgan fingerprint density at radius 1 is 1.50 bits per heavy atom. The molecule has 0 unspecified atom stereocenters. The van der Waals surface area contributed by atoms with E-state index >= 15 is 0 Å². The summed E-state index contributed by atoms with van der Waals surface area (Å²) in [5.74, 6) is 0.533. The van der Waals surface area contributed by atoms with Gasteiger partial charge < -0.3 is 19.0 Å². The third-order valence-electron chi connectivity index (χ3n) is 6.53. The summed E-state index contributed by atoms with van der Waals surface area (Å²) < 4.78 is 17.7. The zero-order chi connectivity index (χ0) is 17.4. The minimum atomic E-state index is -0.526. The van der Waals surface area contributed by atoms with Crippen LogP contribution in [0.5, 0.6) is 0 Å². The third-order valence-corrected chi connectivity index (χ3v) is 6.53. The number of furan rings is 1. The molecule has 1 spiro atoms. The monoisotopic (exact) mass is 332 g/mol. The molecule has 1 aliphatic heterocycles. The Morgan fingerprint density at radius 3 is 2.88 bits per heavy atom. The van der Waals surface area contributed by atoms with Crippen LogP contribution >= 0.6 is 0 Å². The Bertz CT molecular complexity index is 734. The second-order valence-electron chi connectivity index (χ2n) is 7.91. The Labute approximate surface area is 141 Å². The lowest BCUT2D eigenvalue weighted by Crippen LogP contribution is -2.57. The van der Waals surface area contributed by atoms with Crippen molar-refractivity contribution in [3.63, 3.8) is 0 Å². The summed E-state index contributed by atoms with van der Waals surface area (Å²) in [6, 6.07) is 0. The molecule has 4 rings (SSSR count). The predicted molar refractivity (Wildman–Crippen MR) is 86.3 cm³/mol.